The summed E-state index contributed by atoms with van der Waals surface area (Å²) in [6, 6.07) is 5.24. The minimum atomic E-state index is -3.12. The van der Waals surface area contributed by atoms with Crippen LogP contribution in [0.15, 0.2) is 23.8 Å². The van der Waals surface area contributed by atoms with Crippen molar-refractivity contribution >= 4 is 24.4 Å². The lowest BCUT2D eigenvalue weighted by molar-refractivity contribution is -0.119. The molecule has 122 valence electrons. The molecule has 1 amide bonds. The fourth-order valence-electron chi connectivity index (χ4n) is 1.87. The second-order valence-corrected chi connectivity index (χ2v) is 4.58. The van der Waals surface area contributed by atoms with Crippen LogP contribution < -0.4 is 20.5 Å². The number of benzene rings is 1. The lowest BCUT2D eigenvalue weighted by Gasteiger charge is -2.20. The molecule has 8 heteroatoms. The van der Waals surface area contributed by atoms with Crippen LogP contribution in [0.25, 0.3) is 6.08 Å². The highest BCUT2D eigenvalue weighted by atomic mass is 35.5. The first-order valence-corrected chi connectivity index (χ1v) is 6.33. The number of carbonyl (C=O) groups excluding carboxylic acids is 1. The van der Waals surface area contributed by atoms with Gasteiger partial charge < -0.3 is 20.5 Å². The summed E-state index contributed by atoms with van der Waals surface area (Å²) in [5, 5.41) is 2.15. The number of rotatable bonds is 5. The highest BCUT2D eigenvalue weighted by Gasteiger charge is 2.28. The molecule has 1 aliphatic rings. The fourth-order valence-corrected chi connectivity index (χ4v) is 1.87. The number of nitrogens with two attached hydrogens (primary N) is 1. The first-order chi connectivity index (χ1) is 9.96. The summed E-state index contributed by atoms with van der Waals surface area (Å²) >= 11 is 0. The van der Waals surface area contributed by atoms with Gasteiger partial charge in [0.2, 0.25) is 0 Å². The van der Waals surface area contributed by atoms with Gasteiger partial charge in [-0.3, -0.25) is 4.79 Å². The average molecular weight is 335 g/mol. The fraction of sp³-hybridized carbons (Fsp3) is 0.357. The second-order valence-electron chi connectivity index (χ2n) is 4.58. The molecule has 0 aromatic heterocycles. The van der Waals surface area contributed by atoms with Crippen LogP contribution in [0.5, 0.6) is 11.5 Å². The van der Waals surface area contributed by atoms with E-state index in [9.17, 15) is 13.6 Å². The number of hydrogen-bond donors (Lipinski definition) is 2. The Morgan fingerprint density at radius 3 is 2.86 bits per heavy atom. The van der Waals surface area contributed by atoms with E-state index in [2.05, 4.69) is 5.32 Å². The van der Waals surface area contributed by atoms with Gasteiger partial charge in [-0.15, -0.1) is 12.4 Å². The standard InChI is InChI=1S/C14H16F2N2O3.ClH/c1-20-11-4-2-3-9-5-10(6-21-12(9)11)13(19)18-8-14(15,16)7-17;/h2-5H,6-8,17H2,1H3,(H,18,19);1H. The molecule has 0 aliphatic carbocycles. The molecule has 0 spiro atoms. The van der Waals surface area contributed by atoms with Crippen LogP contribution in [0.1, 0.15) is 5.56 Å². The maximum atomic E-state index is 13.0. The van der Waals surface area contributed by atoms with E-state index in [0.717, 1.165) is 0 Å². The van der Waals surface area contributed by atoms with Crippen molar-refractivity contribution in [3.8, 4) is 11.5 Å². The lowest BCUT2D eigenvalue weighted by atomic mass is 10.1. The van der Waals surface area contributed by atoms with Gasteiger partial charge >= 0.3 is 0 Å². The van der Waals surface area contributed by atoms with Gasteiger partial charge in [-0.2, -0.15) is 0 Å². The zero-order valence-corrected chi connectivity index (χ0v) is 12.7. The Morgan fingerprint density at radius 2 is 2.23 bits per heavy atom. The molecular formula is C14H17ClF2N2O3. The molecule has 1 aromatic carbocycles. The van der Waals surface area contributed by atoms with Gasteiger partial charge in [0.25, 0.3) is 11.8 Å². The number of ether oxygens (including phenoxy) is 2. The maximum Gasteiger partial charge on any atom is 0.277 e. The van der Waals surface area contributed by atoms with Crippen molar-refractivity contribution in [3.05, 3.63) is 29.3 Å². The predicted octanol–water partition coefficient (Wildman–Crippen LogP) is 1.60. The molecule has 1 aromatic rings. The van der Waals surface area contributed by atoms with E-state index in [1.54, 1.807) is 24.3 Å². The summed E-state index contributed by atoms with van der Waals surface area (Å²) < 4.78 is 36.6. The largest absolute Gasteiger partial charge is 0.493 e. The Kier molecular flexibility index (Phi) is 6.13. The van der Waals surface area contributed by atoms with Gasteiger partial charge in [0, 0.05) is 5.56 Å². The minimum Gasteiger partial charge on any atom is -0.493 e. The minimum absolute atomic E-state index is 0. The highest BCUT2D eigenvalue weighted by molar-refractivity contribution is 5.99. The first-order valence-electron chi connectivity index (χ1n) is 6.33. The lowest BCUT2D eigenvalue weighted by Crippen LogP contribution is -2.42. The van der Waals surface area contributed by atoms with Crippen LogP contribution in [0.2, 0.25) is 0 Å². The zero-order valence-electron chi connectivity index (χ0n) is 11.9. The van der Waals surface area contributed by atoms with E-state index >= 15 is 0 Å². The Morgan fingerprint density at radius 1 is 1.50 bits per heavy atom. The van der Waals surface area contributed by atoms with Crippen LogP contribution in [-0.2, 0) is 4.79 Å². The number of methoxy groups -OCH3 is 1. The third kappa shape index (κ3) is 4.08. The summed E-state index contributed by atoms with van der Waals surface area (Å²) in [5.41, 5.74) is 5.84. The molecular weight excluding hydrogens is 318 g/mol. The van der Waals surface area contributed by atoms with Crippen LogP contribution in [0.3, 0.4) is 0 Å². The van der Waals surface area contributed by atoms with Gasteiger partial charge in [-0.05, 0) is 12.1 Å². The number of amides is 1. The Labute approximate surface area is 132 Å². The van der Waals surface area contributed by atoms with Crippen molar-refractivity contribution in [2.75, 3.05) is 26.8 Å². The monoisotopic (exact) mass is 334 g/mol. The number of para-hydroxylation sites is 1. The highest BCUT2D eigenvalue weighted by Crippen LogP contribution is 2.35. The summed E-state index contributed by atoms with van der Waals surface area (Å²) in [4.78, 5) is 11.9. The summed E-state index contributed by atoms with van der Waals surface area (Å²) in [5.74, 6) is -2.63. The average Bonchev–Trinajstić information content (AvgIpc) is 2.51. The molecule has 0 radical (unpaired) electrons. The van der Waals surface area contributed by atoms with Gasteiger partial charge in [-0.1, -0.05) is 12.1 Å². The van der Waals surface area contributed by atoms with Gasteiger partial charge in [-0.25, -0.2) is 8.78 Å². The van der Waals surface area contributed by atoms with E-state index in [-0.39, 0.29) is 24.6 Å². The van der Waals surface area contributed by atoms with Crippen molar-refractivity contribution in [2.45, 2.75) is 5.92 Å². The molecule has 0 bridgehead atoms. The molecule has 22 heavy (non-hydrogen) atoms. The number of alkyl halides is 2. The van der Waals surface area contributed by atoms with E-state index in [0.29, 0.717) is 17.1 Å². The van der Waals surface area contributed by atoms with Crippen LogP contribution >= 0.6 is 12.4 Å². The van der Waals surface area contributed by atoms with Crippen LogP contribution in [0, 0.1) is 0 Å². The summed E-state index contributed by atoms with van der Waals surface area (Å²) in [6.07, 6.45) is 1.59. The maximum absolute atomic E-state index is 13.0. The van der Waals surface area contributed by atoms with E-state index in [1.165, 1.54) is 7.11 Å². The van der Waals surface area contributed by atoms with E-state index < -0.39 is 24.9 Å². The quantitative estimate of drug-likeness (QED) is 0.858. The van der Waals surface area contributed by atoms with Crippen molar-refractivity contribution in [2.24, 2.45) is 5.73 Å². The second kappa shape index (κ2) is 7.42. The molecule has 1 aliphatic heterocycles. The van der Waals surface area contributed by atoms with Gasteiger partial charge in [0.1, 0.15) is 6.61 Å². The molecule has 5 nitrogen and oxygen atoms in total. The zero-order chi connectivity index (χ0) is 15.5. The Hall–Kier alpha value is -1.86. The molecule has 1 heterocycles. The predicted molar refractivity (Wildman–Crippen MR) is 80.7 cm³/mol. The normalized spacial score (nSPS) is 13.2. The first kappa shape index (κ1) is 18.2. The molecule has 0 atom stereocenters. The Balaban J connectivity index is 0.00000242. The van der Waals surface area contributed by atoms with Crippen molar-refractivity contribution in [1.82, 2.24) is 5.32 Å². The van der Waals surface area contributed by atoms with Crippen LogP contribution in [0.4, 0.5) is 8.78 Å². The number of hydrogen-bond acceptors (Lipinski definition) is 4. The number of carbonyl (C=O) groups is 1. The summed E-state index contributed by atoms with van der Waals surface area (Å²) in [6.45, 7) is -1.62. The van der Waals surface area contributed by atoms with Crippen molar-refractivity contribution < 1.29 is 23.0 Å². The third-order valence-electron chi connectivity index (χ3n) is 3.03. The molecule has 3 N–H and O–H groups in total. The van der Waals surface area contributed by atoms with E-state index in [4.69, 9.17) is 15.2 Å². The molecule has 0 unspecified atom stereocenters. The molecule has 2 rings (SSSR count). The third-order valence-corrected chi connectivity index (χ3v) is 3.03. The van der Waals surface area contributed by atoms with Gasteiger partial charge in [0.15, 0.2) is 11.5 Å². The van der Waals surface area contributed by atoms with Crippen molar-refractivity contribution in [3.63, 3.8) is 0 Å². The van der Waals surface area contributed by atoms with Gasteiger partial charge in [0.05, 0.1) is 25.8 Å². The number of nitrogens with one attached hydrogen (secondary N) is 1. The van der Waals surface area contributed by atoms with E-state index in [1.807, 2.05) is 0 Å². The number of fused-ring (bicyclic) bond motifs is 1. The SMILES string of the molecule is COc1cccc2c1OCC(C(=O)NCC(F)(F)CN)=C2.Cl. The Bertz CT molecular complexity index is 579. The smallest absolute Gasteiger partial charge is 0.277 e. The number of halogens is 3. The van der Waals surface area contributed by atoms with Crippen LogP contribution in [-0.4, -0.2) is 38.6 Å². The summed E-state index contributed by atoms with van der Waals surface area (Å²) in [7, 11) is 1.51. The topological polar surface area (TPSA) is 73.6 Å². The molecule has 0 saturated heterocycles. The molecule has 0 saturated carbocycles. The molecule has 0 fully saturated rings. The van der Waals surface area contributed by atoms with Crippen molar-refractivity contribution in [1.29, 1.82) is 0 Å².